The number of fused-ring (bicyclic) bond motifs is 1. The molecule has 4 nitrogen and oxygen atoms in total. The average molecular weight is 246 g/mol. The quantitative estimate of drug-likeness (QED) is 0.878. The first kappa shape index (κ1) is 12.6. The third-order valence-corrected chi connectivity index (χ3v) is 3.19. The molecule has 1 aromatic carbocycles. The zero-order valence-corrected chi connectivity index (χ0v) is 10.8. The largest absolute Gasteiger partial charge is 0.356 e. The number of hydrogen-bond acceptors (Lipinski definition) is 2. The molecule has 0 saturated carbocycles. The van der Waals surface area contributed by atoms with E-state index in [4.69, 9.17) is 0 Å². The standard InChI is InChI=1S/C14H18N2O2/c1-10-9-12-5-3-4-6-13(12)16(10)14(18)7-8-15-11(2)17/h3-6,10H,7-9H2,1-2H3,(H,15,17). The Balaban J connectivity index is 2.04. The van der Waals surface area contributed by atoms with Crippen molar-refractivity contribution >= 4 is 17.5 Å². The smallest absolute Gasteiger partial charge is 0.229 e. The Morgan fingerprint density at radius 3 is 2.83 bits per heavy atom. The van der Waals surface area contributed by atoms with E-state index in [-0.39, 0.29) is 17.9 Å². The predicted octanol–water partition coefficient (Wildman–Crippen LogP) is 1.49. The highest BCUT2D eigenvalue weighted by Gasteiger charge is 2.29. The zero-order chi connectivity index (χ0) is 13.1. The molecule has 1 N–H and O–H groups in total. The number of benzene rings is 1. The number of nitrogens with one attached hydrogen (secondary N) is 1. The third kappa shape index (κ3) is 2.53. The lowest BCUT2D eigenvalue weighted by Gasteiger charge is -2.22. The lowest BCUT2D eigenvalue weighted by Crippen LogP contribution is -2.37. The van der Waals surface area contributed by atoms with E-state index >= 15 is 0 Å². The van der Waals surface area contributed by atoms with Gasteiger partial charge in [0.1, 0.15) is 0 Å². The first-order chi connectivity index (χ1) is 8.59. The number of carbonyl (C=O) groups excluding carboxylic acids is 2. The minimum atomic E-state index is -0.0994. The van der Waals surface area contributed by atoms with Crippen LogP contribution in [0.25, 0.3) is 0 Å². The SMILES string of the molecule is CC(=O)NCCC(=O)N1c2ccccc2CC1C. The van der Waals surface area contributed by atoms with Gasteiger partial charge >= 0.3 is 0 Å². The maximum absolute atomic E-state index is 12.2. The lowest BCUT2D eigenvalue weighted by atomic mass is 10.1. The second-order valence-electron chi connectivity index (χ2n) is 4.68. The van der Waals surface area contributed by atoms with Gasteiger partial charge in [0, 0.05) is 31.6 Å². The van der Waals surface area contributed by atoms with Crippen molar-refractivity contribution in [2.75, 3.05) is 11.4 Å². The van der Waals surface area contributed by atoms with E-state index in [1.54, 1.807) is 0 Å². The molecule has 0 spiro atoms. The minimum absolute atomic E-state index is 0.0706. The van der Waals surface area contributed by atoms with Gasteiger partial charge in [0.25, 0.3) is 0 Å². The Bertz CT molecular complexity index is 471. The molecule has 96 valence electrons. The van der Waals surface area contributed by atoms with E-state index in [2.05, 4.69) is 18.3 Å². The van der Waals surface area contributed by atoms with E-state index in [0.29, 0.717) is 13.0 Å². The van der Waals surface area contributed by atoms with E-state index < -0.39 is 0 Å². The number of para-hydroxylation sites is 1. The fourth-order valence-corrected chi connectivity index (χ4v) is 2.41. The summed E-state index contributed by atoms with van der Waals surface area (Å²) in [5, 5.41) is 2.65. The van der Waals surface area contributed by atoms with Gasteiger partial charge in [-0.25, -0.2) is 0 Å². The Hall–Kier alpha value is -1.84. The molecule has 1 unspecified atom stereocenters. The van der Waals surface area contributed by atoms with Gasteiger partial charge in [-0.05, 0) is 25.0 Å². The molecule has 0 radical (unpaired) electrons. The molecular weight excluding hydrogens is 228 g/mol. The first-order valence-electron chi connectivity index (χ1n) is 6.24. The van der Waals surface area contributed by atoms with Crippen molar-refractivity contribution < 1.29 is 9.59 Å². The van der Waals surface area contributed by atoms with Crippen LogP contribution in [0.1, 0.15) is 25.8 Å². The molecule has 2 rings (SSSR count). The topological polar surface area (TPSA) is 49.4 Å². The van der Waals surface area contributed by atoms with Crippen LogP contribution >= 0.6 is 0 Å². The van der Waals surface area contributed by atoms with Gasteiger partial charge in [-0.1, -0.05) is 18.2 Å². The van der Waals surface area contributed by atoms with Crippen molar-refractivity contribution in [1.82, 2.24) is 5.32 Å². The summed E-state index contributed by atoms with van der Waals surface area (Å²) in [4.78, 5) is 24.8. The molecule has 0 aliphatic carbocycles. The number of amides is 2. The van der Waals surface area contributed by atoms with Crippen molar-refractivity contribution in [3.8, 4) is 0 Å². The number of anilines is 1. The maximum atomic E-state index is 12.2. The van der Waals surface area contributed by atoms with Crippen LogP contribution in [0.3, 0.4) is 0 Å². The normalized spacial score (nSPS) is 17.4. The van der Waals surface area contributed by atoms with Crippen LogP contribution in [0.5, 0.6) is 0 Å². The average Bonchev–Trinajstić information content (AvgIpc) is 2.64. The van der Waals surface area contributed by atoms with E-state index in [1.165, 1.54) is 12.5 Å². The summed E-state index contributed by atoms with van der Waals surface area (Å²) >= 11 is 0. The Kier molecular flexibility index (Phi) is 3.65. The van der Waals surface area contributed by atoms with Gasteiger partial charge in [0.05, 0.1) is 0 Å². The predicted molar refractivity (Wildman–Crippen MR) is 70.4 cm³/mol. The highest BCUT2D eigenvalue weighted by Crippen LogP contribution is 2.32. The Labute approximate surface area is 107 Å². The molecule has 4 heteroatoms. The van der Waals surface area contributed by atoms with Crippen LogP contribution in [0.2, 0.25) is 0 Å². The highest BCUT2D eigenvalue weighted by atomic mass is 16.2. The van der Waals surface area contributed by atoms with Crippen LogP contribution in [-0.4, -0.2) is 24.4 Å². The van der Waals surface area contributed by atoms with Crippen molar-refractivity contribution in [2.24, 2.45) is 0 Å². The van der Waals surface area contributed by atoms with Crippen LogP contribution in [-0.2, 0) is 16.0 Å². The van der Waals surface area contributed by atoms with Crippen LogP contribution in [0, 0.1) is 0 Å². The molecule has 1 aliphatic heterocycles. The molecular formula is C14H18N2O2. The number of hydrogen-bond donors (Lipinski definition) is 1. The molecule has 1 heterocycles. The first-order valence-corrected chi connectivity index (χ1v) is 6.24. The summed E-state index contributed by atoms with van der Waals surface area (Å²) in [6, 6.07) is 8.19. The maximum Gasteiger partial charge on any atom is 0.229 e. The van der Waals surface area contributed by atoms with Gasteiger partial charge in [-0.2, -0.15) is 0 Å². The summed E-state index contributed by atoms with van der Waals surface area (Å²) in [5.41, 5.74) is 2.23. The van der Waals surface area contributed by atoms with Crippen molar-refractivity contribution in [3.05, 3.63) is 29.8 Å². The van der Waals surface area contributed by atoms with E-state index in [1.807, 2.05) is 23.1 Å². The van der Waals surface area contributed by atoms with Gasteiger partial charge in [0.2, 0.25) is 11.8 Å². The van der Waals surface area contributed by atoms with E-state index in [9.17, 15) is 9.59 Å². The molecule has 0 bridgehead atoms. The van der Waals surface area contributed by atoms with Crippen LogP contribution in [0.15, 0.2) is 24.3 Å². The van der Waals surface area contributed by atoms with Crippen molar-refractivity contribution in [2.45, 2.75) is 32.7 Å². The van der Waals surface area contributed by atoms with E-state index in [0.717, 1.165) is 12.1 Å². The summed E-state index contributed by atoms with van der Waals surface area (Å²) in [5.74, 6) is -0.0288. The molecule has 1 atom stereocenters. The third-order valence-electron chi connectivity index (χ3n) is 3.19. The second kappa shape index (κ2) is 5.21. The number of nitrogens with zero attached hydrogens (tertiary/aromatic N) is 1. The summed E-state index contributed by atoms with van der Waals surface area (Å²) in [6.07, 6.45) is 1.25. The molecule has 1 aliphatic rings. The number of carbonyl (C=O) groups is 2. The fourth-order valence-electron chi connectivity index (χ4n) is 2.41. The van der Waals surface area contributed by atoms with Crippen molar-refractivity contribution in [1.29, 1.82) is 0 Å². The molecule has 1 aromatic rings. The highest BCUT2D eigenvalue weighted by molar-refractivity contribution is 5.96. The van der Waals surface area contributed by atoms with Gasteiger partial charge < -0.3 is 10.2 Å². The second-order valence-corrected chi connectivity index (χ2v) is 4.68. The minimum Gasteiger partial charge on any atom is -0.356 e. The van der Waals surface area contributed by atoms with Crippen LogP contribution in [0.4, 0.5) is 5.69 Å². The van der Waals surface area contributed by atoms with Crippen LogP contribution < -0.4 is 10.2 Å². The molecule has 0 saturated heterocycles. The Morgan fingerprint density at radius 2 is 2.11 bits per heavy atom. The van der Waals surface area contributed by atoms with Gasteiger partial charge in [-0.3, -0.25) is 9.59 Å². The van der Waals surface area contributed by atoms with Gasteiger partial charge in [0.15, 0.2) is 0 Å². The molecule has 2 amide bonds. The van der Waals surface area contributed by atoms with Crippen molar-refractivity contribution in [3.63, 3.8) is 0 Å². The lowest BCUT2D eigenvalue weighted by molar-refractivity contribution is -0.120. The molecule has 18 heavy (non-hydrogen) atoms. The summed E-state index contributed by atoms with van der Waals surface area (Å²) < 4.78 is 0. The summed E-state index contributed by atoms with van der Waals surface area (Å²) in [6.45, 7) is 3.91. The summed E-state index contributed by atoms with van der Waals surface area (Å²) in [7, 11) is 0. The van der Waals surface area contributed by atoms with Gasteiger partial charge in [-0.15, -0.1) is 0 Å². The Morgan fingerprint density at radius 1 is 1.39 bits per heavy atom. The zero-order valence-electron chi connectivity index (χ0n) is 10.8. The number of rotatable bonds is 3. The monoisotopic (exact) mass is 246 g/mol. The molecule has 0 fully saturated rings. The molecule has 0 aromatic heterocycles. The fraction of sp³-hybridized carbons (Fsp3) is 0.429.